The summed E-state index contributed by atoms with van der Waals surface area (Å²) in [4.78, 5) is 4.49. The van der Waals surface area contributed by atoms with E-state index in [1.54, 1.807) is 0 Å². The molecule has 1 aromatic carbocycles. The number of rotatable bonds is 2. The fourth-order valence-corrected chi connectivity index (χ4v) is 2.20. The first-order valence-corrected chi connectivity index (χ1v) is 5.81. The lowest BCUT2D eigenvalue weighted by Gasteiger charge is -2.10. The average molecular weight is 235 g/mol. The Hall–Kier alpha value is -1.28. The van der Waals surface area contributed by atoms with Crippen LogP contribution in [0.2, 0.25) is 5.02 Å². The molecule has 0 atom stereocenters. The molecular formula is C13H15ClN2. The van der Waals surface area contributed by atoms with Crippen LogP contribution in [-0.2, 0) is 0 Å². The molecule has 16 heavy (non-hydrogen) atoms. The first-order chi connectivity index (χ1) is 7.61. The van der Waals surface area contributed by atoms with Crippen LogP contribution in [0, 0.1) is 13.8 Å². The molecule has 0 bridgehead atoms. The Morgan fingerprint density at radius 1 is 1.25 bits per heavy atom. The number of benzene rings is 1. The molecular weight excluding hydrogens is 220 g/mol. The van der Waals surface area contributed by atoms with E-state index >= 15 is 0 Å². The number of nitrogens with zero attached hydrogens (tertiary/aromatic N) is 1. The second-order valence-corrected chi connectivity index (χ2v) is 4.39. The van der Waals surface area contributed by atoms with Gasteiger partial charge in [-0.05, 0) is 44.5 Å². The quantitative estimate of drug-likeness (QED) is 0.852. The summed E-state index contributed by atoms with van der Waals surface area (Å²) in [5, 5.41) is 5.16. The van der Waals surface area contributed by atoms with Crippen molar-refractivity contribution in [3.05, 3.63) is 34.5 Å². The number of hydrogen-bond donors (Lipinski definition) is 1. The number of anilines is 1. The molecule has 0 saturated heterocycles. The molecule has 84 valence electrons. The Kier molecular flexibility index (Phi) is 3.01. The molecule has 0 amide bonds. The van der Waals surface area contributed by atoms with Crippen LogP contribution < -0.4 is 5.32 Å². The number of aryl methyl sites for hydroxylation is 2. The zero-order chi connectivity index (χ0) is 11.7. The van der Waals surface area contributed by atoms with E-state index in [1.165, 1.54) is 0 Å². The van der Waals surface area contributed by atoms with Gasteiger partial charge in [-0.1, -0.05) is 11.6 Å². The minimum Gasteiger partial charge on any atom is -0.385 e. The highest BCUT2D eigenvalue weighted by atomic mass is 35.5. The average Bonchev–Trinajstić information content (AvgIpc) is 2.20. The molecule has 1 N–H and O–H groups in total. The topological polar surface area (TPSA) is 24.9 Å². The van der Waals surface area contributed by atoms with Gasteiger partial charge in [-0.2, -0.15) is 0 Å². The van der Waals surface area contributed by atoms with Crippen molar-refractivity contribution in [1.29, 1.82) is 0 Å². The van der Waals surface area contributed by atoms with E-state index in [0.29, 0.717) is 0 Å². The molecule has 0 unspecified atom stereocenters. The molecule has 0 spiro atoms. The van der Waals surface area contributed by atoms with Crippen LogP contribution >= 0.6 is 11.6 Å². The summed E-state index contributed by atoms with van der Waals surface area (Å²) < 4.78 is 0. The van der Waals surface area contributed by atoms with Gasteiger partial charge >= 0.3 is 0 Å². The molecule has 1 aromatic heterocycles. The molecule has 2 nitrogen and oxygen atoms in total. The number of aromatic nitrogens is 1. The number of nitrogens with one attached hydrogen (secondary N) is 1. The summed E-state index contributed by atoms with van der Waals surface area (Å²) in [5.74, 6) is 0. The van der Waals surface area contributed by atoms with Gasteiger partial charge in [0.05, 0.1) is 10.5 Å². The SMILES string of the molecule is CCNc1cc(C)nc2c(Cl)cc(C)cc12. The lowest BCUT2D eigenvalue weighted by Crippen LogP contribution is -1.99. The highest BCUT2D eigenvalue weighted by Gasteiger charge is 2.07. The zero-order valence-corrected chi connectivity index (χ0v) is 10.5. The lowest BCUT2D eigenvalue weighted by atomic mass is 10.1. The van der Waals surface area contributed by atoms with Gasteiger partial charge in [0.1, 0.15) is 0 Å². The van der Waals surface area contributed by atoms with E-state index in [1.807, 2.05) is 19.9 Å². The van der Waals surface area contributed by atoms with Crippen molar-refractivity contribution in [2.45, 2.75) is 20.8 Å². The smallest absolute Gasteiger partial charge is 0.0912 e. The summed E-state index contributed by atoms with van der Waals surface area (Å²) in [6, 6.07) is 6.12. The van der Waals surface area contributed by atoms with E-state index < -0.39 is 0 Å². The molecule has 2 aromatic rings. The molecule has 0 aliphatic heterocycles. The van der Waals surface area contributed by atoms with Gasteiger partial charge in [0.15, 0.2) is 0 Å². The number of hydrogen-bond acceptors (Lipinski definition) is 2. The molecule has 0 radical (unpaired) electrons. The van der Waals surface area contributed by atoms with Crippen molar-refractivity contribution in [3.63, 3.8) is 0 Å². The predicted molar refractivity (Wildman–Crippen MR) is 70.4 cm³/mol. The third kappa shape index (κ3) is 1.98. The van der Waals surface area contributed by atoms with Crippen LogP contribution in [0.25, 0.3) is 10.9 Å². The van der Waals surface area contributed by atoms with E-state index in [2.05, 4.69) is 29.4 Å². The maximum atomic E-state index is 6.22. The third-order valence-electron chi connectivity index (χ3n) is 2.51. The number of fused-ring (bicyclic) bond motifs is 1. The van der Waals surface area contributed by atoms with Crippen LogP contribution in [0.3, 0.4) is 0 Å². The van der Waals surface area contributed by atoms with Gasteiger partial charge in [0, 0.05) is 23.3 Å². The van der Waals surface area contributed by atoms with Crippen LogP contribution in [0.5, 0.6) is 0 Å². The maximum Gasteiger partial charge on any atom is 0.0912 e. The molecule has 0 fully saturated rings. The highest BCUT2D eigenvalue weighted by Crippen LogP contribution is 2.29. The standard InChI is InChI=1S/C13H15ClN2/c1-4-15-12-7-9(3)16-13-10(12)5-8(2)6-11(13)14/h5-7H,4H2,1-3H3,(H,15,16). The van der Waals surface area contributed by atoms with Crippen molar-refractivity contribution < 1.29 is 0 Å². The third-order valence-corrected chi connectivity index (χ3v) is 2.79. The molecule has 0 aliphatic rings. The normalized spacial score (nSPS) is 10.8. The van der Waals surface area contributed by atoms with Crippen LogP contribution in [0.1, 0.15) is 18.2 Å². The van der Waals surface area contributed by atoms with Gasteiger partial charge < -0.3 is 5.32 Å². The van der Waals surface area contributed by atoms with Gasteiger partial charge in [-0.3, -0.25) is 4.98 Å². The van der Waals surface area contributed by atoms with Gasteiger partial charge in [0.2, 0.25) is 0 Å². The van der Waals surface area contributed by atoms with E-state index in [9.17, 15) is 0 Å². The van der Waals surface area contributed by atoms with Gasteiger partial charge in [0.25, 0.3) is 0 Å². The Morgan fingerprint density at radius 3 is 2.69 bits per heavy atom. The van der Waals surface area contributed by atoms with Crippen molar-refractivity contribution >= 4 is 28.2 Å². The Labute approximate surface area is 101 Å². The maximum absolute atomic E-state index is 6.22. The molecule has 3 heteroatoms. The molecule has 0 aliphatic carbocycles. The molecule has 2 rings (SSSR count). The van der Waals surface area contributed by atoms with Crippen molar-refractivity contribution in [2.75, 3.05) is 11.9 Å². The first-order valence-electron chi connectivity index (χ1n) is 5.43. The van der Waals surface area contributed by atoms with Crippen molar-refractivity contribution in [2.24, 2.45) is 0 Å². The van der Waals surface area contributed by atoms with Crippen LogP contribution in [0.4, 0.5) is 5.69 Å². The first kappa shape index (κ1) is 11.2. The summed E-state index contributed by atoms with van der Waals surface area (Å²) >= 11 is 6.22. The highest BCUT2D eigenvalue weighted by molar-refractivity contribution is 6.35. The number of pyridine rings is 1. The van der Waals surface area contributed by atoms with Gasteiger partial charge in [-0.25, -0.2) is 0 Å². The van der Waals surface area contributed by atoms with Crippen LogP contribution in [-0.4, -0.2) is 11.5 Å². The fourth-order valence-electron chi connectivity index (χ4n) is 1.89. The minimum absolute atomic E-state index is 0.720. The van der Waals surface area contributed by atoms with Crippen molar-refractivity contribution in [3.8, 4) is 0 Å². The monoisotopic (exact) mass is 234 g/mol. The van der Waals surface area contributed by atoms with Gasteiger partial charge in [-0.15, -0.1) is 0 Å². The largest absolute Gasteiger partial charge is 0.385 e. The van der Waals surface area contributed by atoms with Crippen molar-refractivity contribution in [1.82, 2.24) is 4.98 Å². The minimum atomic E-state index is 0.720. The molecule has 0 saturated carbocycles. The molecule has 1 heterocycles. The summed E-state index contributed by atoms with van der Waals surface area (Å²) in [7, 11) is 0. The summed E-state index contributed by atoms with van der Waals surface area (Å²) in [6.45, 7) is 7.00. The second-order valence-electron chi connectivity index (χ2n) is 3.98. The summed E-state index contributed by atoms with van der Waals surface area (Å²) in [6.07, 6.45) is 0. The predicted octanol–water partition coefficient (Wildman–Crippen LogP) is 3.94. The van der Waals surface area contributed by atoms with E-state index in [4.69, 9.17) is 11.6 Å². The van der Waals surface area contributed by atoms with E-state index in [-0.39, 0.29) is 0 Å². The van der Waals surface area contributed by atoms with E-state index in [0.717, 1.165) is 39.4 Å². The Morgan fingerprint density at radius 2 is 2.00 bits per heavy atom. The zero-order valence-electron chi connectivity index (χ0n) is 9.76. The fraction of sp³-hybridized carbons (Fsp3) is 0.308. The number of halogens is 1. The Balaban J connectivity index is 2.78. The van der Waals surface area contributed by atoms with Crippen LogP contribution in [0.15, 0.2) is 18.2 Å². The lowest BCUT2D eigenvalue weighted by molar-refractivity contribution is 1.19. The Bertz CT molecular complexity index is 535. The summed E-state index contributed by atoms with van der Waals surface area (Å²) in [5.41, 5.74) is 4.12. The second kappa shape index (κ2) is 4.30.